The van der Waals surface area contributed by atoms with E-state index in [0.717, 1.165) is 0 Å². The van der Waals surface area contributed by atoms with Crippen LogP contribution >= 0.6 is 11.3 Å². The smallest absolute Gasteiger partial charge is 0.261 e. The topological polar surface area (TPSA) is 78.5 Å². The molecule has 0 bridgehead atoms. The number of nitrogens with one attached hydrogen (secondary N) is 2. The minimum absolute atomic E-state index is 0.00524. The van der Waals surface area contributed by atoms with Gasteiger partial charge in [0.2, 0.25) is 11.8 Å². The van der Waals surface area contributed by atoms with E-state index in [1.807, 2.05) is 11.4 Å². The van der Waals surface area contributed by atoms with Crippen molar-refractivity contribution in [2.24, 2.45) is 0 Å². The van der Waals surface area contributed by atoms with E-state index >= 15 is 0 Å². The normalized spacial score (nSPS) is 13.2. The van der Waals surface area contributed by atoms with Crippen molar-refractivity contribution in [2.45, 2.75) is 6.42 Å². The Morgan fingerprint density at radius 1 is 1.22 bits per heavy atom. The zero-order valence-electron chi connectivity index (χ0n) is 12.2. The molecule has 23 heavy (non-hydrogen) atoms. The van der Waals surface area contributed by atoms with E-state index in [4.69, 9.17) is 0 Å². The summed E-state index contributed by atoms with van der Waals surface area (Å²) in [6.07, 6.45) is 0.138. The summed E-state index contributed by atoms with van der Waals surface area (Å²) in [5.41, 5.74) is 1.31. The Balaban J connectivity index is 1.60. The van der Waals surface area contributed by atoms with Crippen LogP contribution in [0.4, 0.5) is 11.4 Å². The number of carbonyl (C=O) groups is 3. The maximum atomic E-state index is 12.4. The first-order chi connectivity index (χ1) is 11.1. The SMILES string of the molecule is O=C1CN(C(=O)CCNC(=O)c2cccs2)c2ccccc2N1. The Morgan fingerprint density at radius 3 is 2.83 bits per heavy atom. The molecule has 0 spiro atoms. The molecule has 0 unspecified atom stereocenters. The molecule has 0 saturated carbocycles. The van der Waals surface area contributed by atoms with Gasteiger partial charge in [-0.05, 0) is 23.6 Å². The van der Waals surface area contributed by atoms with E-state index in [-0.39, 0.29) is 37.2 Å². The Labute approximate surface area is 137 Å². The molecule has 0 radical (unpaired) electrons. The molecule has 3 amide bonds. The molecule has 1 aromatic heterocycles. The average Bonchev–Trinajstić information content (AvgIpc) is 3.08. The van der Waals surface area contributed by atoms with Crippen molar-refractivity contribution < 1.29 is 14.4 Å². The van der Waals surface area contributed by atoms with Crippen LogP contribution in [0, 0.1) is 0 Å². The Hall–Kier alpha value is -2.67. The van der Waals surface area contributed by atoms with Gasteiger partial charge >= 0.3 is 0 Å². The van der Waals surface area contributed by atoms with Crippen LogP contribution in [0.15, 0.2) is 41.8 Å². The number of anilines is 2. The van der Waals surface area contributed by atoms with Gasteiger partial charge in [-0.15, -0.1) is 11.3 Å². The highest BCUT2D eigenvalue weighted by Crippen LogP contribution is 2.29. The quantitative estimate of drug-likeness (QED) is 0.898. The van der Waals surface area contributed by atoms with Gasteiger partial charge < -0.3 is 15.5 Å². The highest BCUT2D eigenvalue weighted by molar-refractivity contribution is 7.12. The number of benzene rings is 1. The summed E-state index contributed by atoms with van der Waals surface area (Å²) in [5, 5.41) is 7.27. The number of para-hydroxylation sites is 2. The predicted octanol–water partition coefficient (Wildman–Crippen LogP) is 1.85. The third kappa shape index (κ3) is 3.40. The van der Waals surface area contributed by atoms with Crippen LogP contribution in [0.25, 0.3) is 0 Å². The zero-order valence-corrected chi connectivity index (χ0v) is 13.1. The minimum Gasteiger partial charge on any atom is -0.351 e. The van der Waals surface area contributed by atoms with E-state index in [1.165, 1.54) is 16.2 Å². The fourth-order valence-electron chi connectivity index (χ4n) is 2.37. The number of hydrogen-bond acceptors (Lipinski definition) is 4. The number of thiophene rings is 1. The van der Waals surface area contributed by atoms with Gasteiger partial charge in [-0.1, -0.05) is 18.2 Å². The van der Waals surface area contributed by atoms with Crippen LogP contribution in [0.2, 0.25) is 0 Å². The fraction of sp³-hybridized carbons (Fsp3) is 0.188. The van der Waals surface area contributed by atoms with Crippen molar-refractivity contribution in [1.29, 1.82) is 0 Å². The van der Waals surface area contributed by atoms with Gasteiger partial charge in [0, 0.05) is 13.0 Å². The van der Waals surface area contributed by atoms with E-state index in [0.29, 0.717) is 16.3 Å². The van der Waals surface area contributed by atoms with Gasteiger partial charge in [0.05, 0.1) is 16.3 Å². The molecule has 1 aliphatic heterocycles. The van der Waals surface area contributed by atoms with Gasteiger partial charge in [0.25, 0.3) is 5.91 Å². The van der Waals surface area contributed by atoms with E-state index in [2.05, 4.69) is 10.6 Å². The Bertz CT molecular complexity index is 743. The summed E-state index contributed by atoms with van der Waals surface area (Å²) in [5.74, 6) is -0.608. The number of nitrogens with zero attached hydrogens (tertiary/aromatic N) is 1. The molecular formula is C16H15N3O3S. The van der Waals surface area contributed by atoms with Crippen LogP contribution in [-0.4, -0.2) is 30.8 Å². The van der Waals surface area contributed by atoms with Crippen LogP contribution in [0.1, 0.15) is 16.1 Å². The van der Waals surface area contributed by atoms with Gasteiger partial charge in [-0.3, -0.25) is 14.4 Å². The second-order valence-corrected chi connectivity index (χ2v) is 5.98. The van der Waals surface area contributed by atoms with E-state index in [1.54, 1.807) is 30.3 Å². The van der Waals surface area contributed by atoms with Crippen molar-refractivity contribution >= 4 is 40.4 Å². The summed E-state index contributed by atoms with van der Waals surface area (Å²) in [4.78, 5) is 38.0. The first-order valence-electron chi connectivity index (χ1n) is 7.16. The second-order valence-electron chi connectivity index (χ2n) is 5.03. The van der Waals surface area contributed by atoms with Crippen molar-refractivity contribution in [1.82, 2.24) is 5.32 Å². The van der Waals surface area contributed by atoms with Gasteiger partial charge in [-0.25, -0.2) is 0 Å². The van der Waals surface area contributed by atoms with Crippen LogP contribution in [0.5, 0.6) is 0 Å². The molecule has 3 rings (SSSR count). The van der Waals surface area contributed by atoms with Crippen LogP contribution < -0.4 is 15.5 Å². The monoisotopic (exact) mass is 329 g/mol. The van der Waals surface area contributed by atoms with E-state index < -0.39 is 0 Å². The number of fused-ring (bicyclic) bond motifs is 1. The second kappa shape index (κ2) is 6.62. The lowest BCUT2D eigenvalue weighted by Crippen LogP contribution is -2.43. The fourth-order valence-corrected chi connectivity index (χ4v) is 3.01. The summed E-state index contributed by atoms with van der Waals surface area (Å²) in [7, 11) is 0. The Kier molecular flexibility index (Phi) is 4.38. The average molecular weight is 329 g/mol. The molecule has 6 nitrogen and oxygen atoms in total. The maximum absolute atomic E-state index is 12.4. The largest absolute Gasteiger partial charge is 0.351 e. The molecule has 0 aliphatic carbocycles. The minimum atomic E-state index is -0.223. The van der Waals surface area contributed by atoms with Crippen molar-refractivity contribution in [2.75, 3.05) is 23.3 Å². The zero-order chi connectivity index (χ0) is 16.2. The standard InChI is InChI=1S/C16H15N3O3S/c20-14-10-19(12-5-2-1-4-11(12)18-14)15(21)7-8-17-16(22)13-6-3-9-23-13/h1-6,9H,7-8,10H2,(H,17,22)(H,18,20). The highest BCUT2D eigenvalue weighted by Gasteiger charge is 2.26. The van der Waals surface area contributed by atoms with Crippen molar-refractivity contribution in [3.8, 4) is 0 Å². The lowest BCUT2D eigenvalue weighted by Gasteiger charge is -2.29. The molecule has 1 aromatic carbocycles. The third-order valence-electron chi connectivity index (χ3n) is 3.44. The lowest BCUT2D eigenvalue weighted by atomic mass is 10.2. The van der Waals surface area contributed by atoms with Crippen molar-refractivity contribution in [3.05, 3.63) is 46.7 Å². The molecule has 118 valence electrons. The summed E-state index contributed by atoms with van der Waals surface area (Å²) in [6.45, 7) is 0.227. The maximum Gasteiger partial charge on any atom is 0.261 e. The van der Waals surface area contributed by atoms with Crippen LogP contribution in [-0.2, 0) is 9.59 Å². The summed E-state index contributed by atoms with van der Waals surface area (Å²) < 4.78 is 0. The first-order valence-corrected chi connectivity index (χ1v) is 8.04. The molecule has 2 heterocycles. The number of carbonyl (C=O) groups excluding carboxylic acids is 3. The van der Waals surface area contributed by atoms with Gasteiger partial charge in [0.1, 0.15) is 6.54 Å². The number of amides is 3. The van der Waals surface area contributed by atoms with Gasteiger partial charge in [-0.2, -0.15) is 0 Å². The lowest BCUT2D eigenvalue weighted by molar-refractivity contribution is -0.121. The third-order valence-corrected chi connectivity index (χ3v) is 4.31. The highest BCUT2D eigenvalue weighted by atomic mass is 32.1. The van der Waals surface area contributed by atoms with E-state index in [9.17, 15) is 14.4 Å². The summed E-state index contributed by atoms with van der Waals surface area (Å²) in [6, 6.07) is 10.7. The van der Waals surface area contributed by atoms with Crippen LogP contribution in [0.3, 0.4) is 0 Å². The molecule has 0 saturated heterocycles. The summed E-state index contributed by atoms with van der Waals surface area (Å²) >= 11 is 1.35. The molecule has 1 aliphatic rings. The Morgan fingerprint density at radius 2 is 2.04 bits per heavy atom. The van der Waals surface area contributed by atoms with Gasteiger partial charge in [0.15, 0.2) is 0 Å². The molecule has 0 atom stereocenters. The number of rotatable bonds is 4. The molecule has 2 N–H and O–H groups in total. The molecular weight excluding hydrogens is 314 g/mol. The van der Waals surface area contributed by atoms with Crippen molar-refractivity contribution in [3.63, 3.8) is 0 Å². The molecule has 2 aromatic rings. The first kappa shape index (κ1) is 15.2. The molecule has 7 heteroatoms. The predicted molar refractivity (Wildman–Crippen MR) is 88.7 cm³/mol. The number of hydrogen-bond donors (Lipinski definition) is 2. The molecule has 0 fully saturated rings.